The minimum absolute atomic E-state index is 0.0221. The van der Waals surface area contributed by atoms with Gasteiger partial charge in [0.15, 0.2) is 0 Å². The van der Waals surface area contributed by atoms with E-state index in [1.807, 2.05) is 12.1 Å². The zero-order valence-corrected chi connectivity index (χ0v) is 17.0. The van der Waals surface area contributed by atoms with Crippen LogP contribution in [-0.4, -0.2) is 34.8 Å². The summed E-state index contributed by atoms with van der Waals surface area (Å²) < 4.78 is 1.00. The Morgan fingerprint density at radius 1 is 1.26 bits per heavy atom. The maximum atomic E-state index is 13.3. The maximum Gasteiger partial charge on any atom is 0.270 e. The predicted octanol–water partition coefficient (Wildman–Crippen LogP) is 1.86. The number of hydrazine groups is 1. The third-order valence-electron chi connectivity index (χ3n) is 6.80. The lowest BCUT2D eigenvalue weighted by molar-refractivity contribution is -0.144. The van der Waals surface area contributed by atoms with Crippen LogP contribution in [-0.2, 0) is 9.59 Å². The molecule has 0 radical (unpaired) electrons. The number of carbonyl (C=O) groups is 3. The fourth-order valence-electron chi connectivity index (χ4n) is 4.91. The van der Waals surface area contributed by atoms with E-state index in [-0.39, 0.29) is 29.2 Å². The van der Waals surface area contributed by atoms with Gasteiger partial charge in [-0.25, -0.2) is 0 Å². The average Bonchev–Trinajstić information content (AvgIpc) is 3.53. The van der Waals surface area contributed by atoms with Gasteiger partial charge in [-0.3, -0.25) is 25.1 Å². The summed E-state index contributed by atoms with van der Waals surface area (Å²) in [6, 6.07) is 6.99. The summed E-state index contributed by atoms with van der Waals surface area (Å²) >= 11 is 2.15. The first-order valence-electron chi connectivity index (χ1n) is 9.24. The Morgan fingerprint density at radius 2 is 1.93 bits per heavy atom. The van der Waals surface area contributed by atoms with E-state index in [1.54, 1.807) is 12.1 Å². The second-order valence-electron chi connectivity index (χ2n) is 8.28. The molecule has 7 heteroatoms. The maximum absolute atomic E-state index is 13.3. The highest BCUT2D eigenvalue weighted by molar-refractivity contribution is 14.1. The van der Waals surface area contributed by atoms with Crippen molar-refractivity contribution < 1.29 is 14.4 Å². The molecule has 2 unspecified atom stereocenters. The van der Waals surface area contributed by atoms with E-state index in [0.717, 1.165) is 27.3 Å². The number of amides is 3. The Hall–Kier alpha value is -1.74. The molecule has 1 aromatic rings. The van der Waals surface area contributed by atoms with Crippen LogP contribution in [0.1, 0.15) is 30.1 Å². The summed E-state index contributed by atoms with van der Waals surface area (Å²) in [6.07, 6.45) is 7.08. The molecule has 1 heterocycles. The molecule has 4 atom stereocenters. The summed E-state index contributed by atoms with van der Waals surface area (Å²) in [6.45, 7) is 2.07. The SMILES string of the molecule is CC1C=CC(C23CC2C3)[C@]2(C(=O)N(C=O)NC(=O)c3ccc(I)cc3)N[C@@H]12. The second-order valence-corrected chi connectivity index (χ2v) is 9.53. The molecule has 1 aliphatic heterocycles. The van der Waals surface area contributed by atoms with E-state index in [1.165, 1.54) is 0 Å². The fourth-order valence-corrected chi connectivity index (χ4v) is 5.27. The van der Waals surface area contributed by atoms with Crippen LogP contribution in [0.4, 0.5) is 0 Å². The Kier molecular flexibility index (Phi) is 3.62. The number of halogens is 1. The Bertz CT molecular complexity index is 877. The summed E-state index contributed by atoms with van der Waals surface area (Å²) in [5.41, 5.74) is 2.36. The lowest BCUT2D eigenvalue weighted by Crippen LogP contribution is -2.56. The van der Waals surface area contributed by atoms with Crippen LogP contribution >= 0.6 is 22.6 Å². The van der Waals surface area contributed by atoms with Gasteiger partial charge in [0.1, 0.15) is 5.54 Å². The van der Waals surface area contributed by atoms with Crippen LogP contribution in [0.5, 0.6) is 0 Å². The van der Waals surface area contributed by atoms with Crippen LogP contribution < -0.4 is 10.7 Å². The van der Waals surface area contributed by atoms with E-state index >= 15 is 0 Å². The van der Waals surface area contributed by atoms with Crippen LogP contribution in [0.3, 0.4) is 0 Å². The molecular weight excluding hydrogens is 457 g/mol. The van der Waals surface area contributed by atoms with Gasteiger partial charge in [-0.2, -0.15) is 5.01 Å². The number of nitrogens with one attached hydrogen (secondary N) is 2. The number of carbonyl (C=O) groups excluding carboxylic acids is 3. The van der Waals surface area contributed by atoms with Crippen molar-refractivity contribution in [3.8, 4) is 0 Å². The first kappa shape index (κ1) is 17.4. The lowest BCUT2D eigenvalue weighted by atomic mass is 9.73. The zero-order chi connectivity index (χ0) is 19.0. The monoisotopic (exact) mass is 477 g/mol. The molecule has 4 aliphatic rings. The normalized spacial score (nSPS) is 39.6. The fraction of sp³-hybridized carbons (Fsp3) is 0.450. The topological polar surface area (TPSA) is 88.4 Å². The number of nitrogens with zero attached hydrogens (tertiary/aromatic N) is 1. The molecule has 1 saturated heterocycles. The largest absolute Gasteiger partial charge is 0.296 e. The Balaban J connectivity index is 1.38. The Labute approximate surface area is 170 Å². The molecule has 2 saturated carbocycles. The molecule has 0 aromatic heterocycles. The predicted molar refractivity (Wildman–Crippen MR) is 106 cm³/mol. The summed E-state index contributed by atoms with van der Waals surface area (Å²) in [5.74, 6) is 0.221. The quantitative estimate of drug-likeness (QED) is 0.228. The van der Waals surface area contributed by atoms with Crippen molar-refractivity contribution in [2.45, 2.75) is 31.3 Å². The molecule has 27 heavy (non-hydrogen) atoms. The van der Waals surface area contributed by atoms with E-state index < -0.39 is 11.4 Å². The van der Waals surface area contributed by atoms with Gasteiger partial charge in [-0.1, -0.05) is 19.1 Å². The van der Waals surface area contributed by atoms with E-state index in [0.29, 0.717) is 12.0 Å². The molecule has 3 fully saturated rings. The van der Waals surface area contributed by atoms with Gasteiger partial charge in [0.25, 0.3) is 11.8 Å². The zero-order valence-electron chi connectivity index (χ0n) is 14.8. The first-order valence-corrected chi connectivity index (χ1v) is 10.3. The summed E-state index contributed by atoms with van der Waals surface area (Å²) in [7, 11) is 0. The second kappa shape index (κ2) is 5.64. The van der Waals surface area contributed by atoms with Gasteiger partial charge in [0, 0.05) is 21.1 Å². The molecule has 3 aliphatic carbocycles. The molecule has 0 bridgehead atoms. The Morgan fingerprint density at radius 3 is 2.52 bits per heavy atom. The number of imide groups is 1. The van der Waals surface area contributed by atoms with E-state index in [9.17, 15) is 14.4 Å². The van der Waals surface area contributed by atoms with Crippen molar-refractivity contribution in [1.82, 2.24) is 15.8 Å². The van der Waals surface area contributed by atoms with Crippen molar-refractivity contribution in [1.29, 1.82) is 0 Å². The molecule has 6 nitrogen and oxygen atoms in total. The first-order chi connectivity index (χ1) is 12.9. The number of fused-ring (bicyclic) bond motifs is 2. The highest BCUT2D eigenvalue weighted by atomic mass is 127. The molecule has 0 spiro atoms. The molecule has 3 amide bonds. The highest BCUT2D eigenvalue weighted by Gasteiger charge is 2.81. The van der Waals surface area contributed by atoms with Gasteiger partial charge in [0.05, 0.1) is 0 Å². The van der Waals surface area contributed by atoms with Gasteiger partial charge < -0.3 is 0 Å². The molecular formula is C20H20IN3O3. The summed E-state index contributed by atoms with van der Waals surface area (Å²) in [5, 5.41) is 4.22. The third kappa shape index (κ3) is 2.44. The molecule has 1 aromatic carbocycles. The van der Waals surface area contributed by atoms with Crippen molar-refractivity contribution in [3.63, 3.8) is 0 Å². The molecule has 140 valence electrons. The van der Waals surface area contributed by atoms with Crippen LogP contribution in [0.2, 0.25) is 0 Å². The van der Waals surface area contributed by atoms with Crippen molar-refractivity contribution in [2.24, 2.45) is 23.2 Å². The molecule has 5 rings (SSSR count). The van der Waals surface area contributed by atoms with Crippen LogP contribution in [0, 0.1) is 26.7 Å². The number of hydrogen-bond acceptors (Lipinski definition) is 4. The van der Waals surface area contributed by atoms with Crippen molar-refractivity contribution in [2.75, 3.05) is 0 Å². The summed E-state index contributed by atoms with van der Waals surface area (Å²) in [4.78, 5) is 37.5. The smallest absolute Gasteiger partial charge is 0.270 e. The lowest BCUT2D eigenvalue weighted by Gasteiger charge is -2.32. The van der Waals surface area contributed by atoms with Crippen LogP contribution in [0.25, 0.3) is 0 Å². The van der Waals surface area contributed by atoms with Gasteiger partial charge in [-0.05, 0) is 76.9 Å². The van der Waals surface area contributed by atoms with Crippen molar-refractivity contribution in [3.05, 3.63) is 45.6 Å². The van der Waals surface area contributed by atoms with E-state index in [2.05, 4.69) is 52.4 Å². The van der Waals surface area contributed by atoms with Gasteiger partial charge >= 0.3 is 0 Å². The van der Waals surface area contributed by atoms with E-state index in [4.69, 9.17) is 0 Å². The van der Waals surface area contributed by atoms with Crippen molar-refractivity contribution >= 4 is 40.8 Å². The molecule has 2 N–H and O–H groups in total. The minimum atomic E-state index is -0.764. The highest BCUT2D eigenvalue weighted by Crippen LogP contribution is 2.82. The van der Waals surface area contributed by atoms with Crippen LogP contribution in [0.15, 0.2) is 36.4 Å². The number of rotatable bonds is 4. The minimum Gasteiger partial charge on any atom is -0.296 e. The van der Waals surface area contributed by atoms with Gasteiger partial charge in [0.2, 0.25) is 6.41 Å². The average molecular weight is 477 g/mol. The third-order valence-corrected chi connectivity index (χ3v) is 7.52. The number of benzene rings is 1. The van der Waals surface area contributed by atoms with Gasteiger partial charge in [-0.15, -0.1) is 0 Å². The number of hydrogen-bond donors (Lipinski definition) is 2. The standard InChI is InChI=1S/C20H20IN3O3/c1-11-2-7-15(19-8-13(19)9-19)20(16(11)22-20)18(27)24(10-25)23-17(26)12-3-5-14(21)6-4-12/h2-7,10-11,13,15-16,22H,8-9H2,1H3,(H,23,26)/t11?,13?,15?,16-,19?,20-/m0/s1.